The van der Waals surface area contributed by atoms with Crippen molar-refractivity contribution in [3.05, 3.63) is 40.8 Å². The Morgan fingerprint density at radius 2 is 2.00 bits per heavy atom. The highest BCUT2D eigenvalue weighted by Gasteiger charge is 2.16. The standard InChI is InChI=1S/C22H30N2O4/c1-15-19(16(2)28-24-15)14-27-20-10-9-18(13-21(20)26-3)22(25)23-12-11-17-7-5-4-6-8-17/h9-10,13,17H,4-8,11-12,14H2,1-3H3,(H,23,25). The van der Waals surface area contributed by atoms with Crippen LogP contribution in [0.15, 0.2) is 22.7 Å². The summed E-state index contributed by atoms with van der Waals surface area (Å²) in [4.78, 5) is 12.5. The van der Waals surface area contributed by atoms with E-state index in [2.05, 4.69) is 10.5 Å². The predicted molar refractivity (Wildman–Crippen MR) is 107 cm³/mol. The van der Waals surface area contributed by atoms with Crippen molar-refractivity contribution in [1.29, 1.82) is 0 Å². The number of carbonyl (C=O) groups excluding carboxylic acids is 1. The Kier molecular flexibility index (Phi) is 6.95. The second-order valence-electron chi connectivity index (χ2n) is 7.51. The van der Waals surface area contributed by atoms with Crippen LogP contribution < -0.4 is 14.8 Å². The van der Waals surface area contributed by atoms with Crippen molar-refractivity contribution in [2.75, 3.05) is 13.7 Å². The minimum atomic E-state index is -0.0774. The zero-order chi connectivity index (χ0) is 19.9. The molecule has 1 N–H and O–H groups in total. The van der Waals surface area contributed by atoms with Crippen LogP contribution in [0.2, 0.25) is 0 Å². The highest BCUT2D eigenvalue weighted by atomic mass is 16.5. The number of methoxy groups -OCH3 is 1. The van der Waals surface area contributed by atoms with Gasteiger partial charge < -0.3 is 19.3 Å². The number of carbonyl (C=O) groups is 1. The largest absolute Gasteiger partial charge is 0.493 e. The van der Waals surface area contributed by atoms with Gasteiger partial charge in [0.05, 0.1) is 18.4 Å². The number of hydrogen-bond acceptors (Lipinski definition) is 5. The number of rotatable bonds is 8. The van der Waals surface area contributed by atoms with E-state index in [-0.39, 0.29) is 5.91 Å². The molecule has 1 aliphatic carbocycles. The molecule has 28 heavy (non-hydrogen) atoms. The van der Waals surface area contributed by atoms with E-state index < -0.39 is 0 Å². The van der Waals surface area contributed by atoms with Crippen LogP contribution in [0.25, 0.3) is 0 Å². The van der Waals surface area contributed by atoms with Gasteiger partial charge in [0.2, 0.25) is 0 Å². The molecular formula is C22H30N2O4. The van der Waals surface area contributed by atoms with Gasteiger partial charge in [0.25, 0.3) is 5.91 Å². The molecule has 3 rings (SSSR count). The molecule has 0 radical (unpaired) electrons. The van der Waals surface area contributed by atoms with Crippen molar-refractivity contribution >= 4 is 5.91 Å². The third kappa shape index (κ3) is 5.06. The third-order valence-corrected chi connectivity index (χ3v) is 5.54. The number of aryl methyl sites for hydroxylation is 2. The first-order chi connectivity index (χ1) is 13.6. The predicted octanol–water partition coefficient (Wildman–Crippen LogP) is 4.58. The highest BCUT2D eigenvalue weighted by molar-refractivity contribution is 5.94. The van der Waals surface area contributed by atoms with E-state index in [0.717, 1.165) is 35.9 Å². The molecule has 1 aromatic carbocycles. The first kappa shape index (κ1) is 20.2. The number of aromatic nitrogens is 1. The van der Waals surface area contributed by atoms with Crippen molar-refractivity contribution < 1.29 is 18.8 Å². The maximum absolute atomic E-state index is 12.5. The first-order valence-corrected chi connectivity index (χ1v) is 10.1. The maximum atomic E-state index is 12.5. The molecular weight excluding hydrogens is 356 g/mol. The summed E-state index contributed by atoms with van der Waals surface area (Å²) < 4.78 is 16.5. The number of nitrogens with one attached hydrogen (secondary N) is 1. The van der Waals surface area contributed by atoms with Crippen LogP contribution in [-0.4, -0.2) is 24.7 Å². The van der Waals surface area contributed by atoms with Gasteiger partial charge in [0.1, 0.15) is 12.4 Å². The zero-order valence-corrected chi connectivity index (χ0v) is 17.0. The molecule has 0 spiro atoms. The number of benzene rings is 1. The molecule has 0 unspecified atom stereocenters. The topological polar surface area (TPSA) is 73.6 Å². The molecule has 1 saturated carbocycles. The molecule has 6 nitrogen and oxygen atoms in total. The number of hydrogen-bond donors (Lipinski definition) is 1. The third-order valence-electron chi connectivity index (χ3n) is 5.54. The fourth-order valence-corrected chi connectivity index (χ4v) is 3.75. The lowest BCUT2D eigenvalue weighted by molar-refractivity contribution is 0.0950. The van der Waals surface area contributed by atoms with Gasteiger partial charge in [-0.25, -0.2) is 0 Å². The van der Waals surface area contributed by atoms with Gasteiger partial charge in [0.15, 0.2) is 11.5 Å². The van der Waals surface area contributed by atoms with E-state index in [1.54, 1.807) is 25.3 Å². The average Bonchev–Trinajstić information content (AvgIpc) is 3.04. The van der Waals surface area contributed by atoms with Gasteiger partial charge >= 0.3 is 0 Å². The van der Waals surface area contributed by atoms with Crippen LogP contribution >= 0.6 is 0 Å². The molecule has 1 aromatic heterocycles. The summed E-state index contributed by atoms with van der Waals surface area (Å²) in [5.41, 5.74) is 2.31. The van der Waals surface area contributed by atoms with Crippen molar-refractivity contribution in [2.24, 2.45) is 5.92 Å². The maximum Gasteiger partial charge on any atom is 0.251 e. The second kappa shape index (κ2) is 9.62. The monoisotopic (exact) mass is 386 g/mol. The molecule has 0 bridgehead atoms. The first-order valence-electron chi connectivity index (χ1n) is 10.1. The quantitative estimate of drug-likeness (QED) is 0.719. The van der Waals surface area contributed by atoms with Crippen molar-refractivity contribution in [1.82, 2.24) is 10.5 Å². The van der Waals surface area contributed by atoms with E-state index in [1.165, 1.54) is 32.1 Å². The van der Waals surface area contributed by atoms with E-state index in [4.69, 9.17) is 14.0 Å². The minimum Gasteiger partial charge on any atom is -0.493 e. The van der Waals surface area contributed by atoms with Crippen molar-refractivity contribution in [3.63, 3.8) is 0 Å². The molecule has 6 heteroatoms. The summed E-state index contributed by atoms with van der Waals surface area (Å²) in [7, 11) is 1.57. The van der Waals surface area contributed by atoms with E-state index in [9.17, 15) is 4.79 Å². The van der Waals surface area contributed by atoms with Gasteiger partial charge in [-0.3, -0.25) is 4.79 Å². The lowest BCUT2D eigenvalue weighted by Gasteiger charge is -2.21. The normalized spacial score (nSPS) is 14.7. The Labute approximate surface area is 166 Å². The van der Waals surface area contributed by atoms with Gasteiger partial charge in [-0.05, 0) is 44.4 Å². The molecule has 1 amide bonds. The Morgan fingerprint density at radius 1 is 1.21 bits per heavy atom. The molecule has 0 aliphatic heterocycles. The molecule has 1 fully saturated rings. The van der Waals surface area contributed by atoms with E-state index in [1.807, 2.05) is 13.8 Å². The smallest absolute Gasteiger partial charge is 0.251 e. The van der Waals surface area contributed by atoms with Crippen LogP contribution in [0.4, 0.5) is 0 Å². The van der Waals surface area contributed by atoms with Gasteiger partial charge in [-0.1, -0.05) is 37.3 Å². The van der Waals surface area contributed by atoms with Crippen LogP contribution in [0, 0.1) is 19.8 Å². The van der Waals surface area contributed by atoms with Crippen LogP contribution in [0.1, 0.15) is 65.9 Å². The Bertz CT molecular complexity index is 774. The fraction of sp³-hybridized carbons (Fsp3) is 0.545. The number of ether oxygens (including phenoxy) is 2. The Morgan fingerprint density at radius 3 is 2.68 bits per heavy atom. The molecule has 152 valence electrons. The van der Waals surface area contributed by atoms with Gasteiger partial charge in [0, 0.05) is 12.1 Å². The SMILES string of the molecule is COc1cc(C(=O)NCCC2CCCCC2)ccc1OCc1c(C)noc1C. The summed E-state index contributed by atoms with van der Waals surface area (Å²) in [5, 5.41) is 6.96. The summed E-state index contributed by atoms with van der Waals surface area (Å²) >= 11 is 0. The van der Waals surface area contributed by atoms with E-state index >= 15 is 0 Å². The second-order valence-corrected chi connectivity index (χ2v) is 7.51. The Hall–Kier alpha value is -2.50. The fourth-order valence-electron chi connectivity index (χ4n) is 3.75. The van der Waals surface area contributed by atoms with Crippen LogP contribution in [-0.2, 0) is 6.61 Å². The molecule has 0 atom stereocenters. The summed E-state index contributed by atoms with van der Waals surface area (Å²) in [5.74, 6) is 2.54. The Balaban J connectivity index is 1.56. The number of nitrogens with zero attached hydrogens (tertiary/aromatic N) is 1. The van der Waals surface area contributed by atoms with Gasteiger partial charge in [-0.15, -0.1) is 0 Å². The molecule has 0 saturated heterocycles. The zero-order valence-electron chi connectivity index (χ0n) is 17.0. The van der Waals surface area contributed by atoms with Gasteiger partial charge in [-0.2, -0.15) is 0 Å². The lowest BCUT2D eigenvalue weighted by atomic mass is 9.87. The molecule has 1 aliphatic rings. The minimum absolute atomic E-state index is 0.0774. The van der Waals surface area contributed by atoms with Crippen molar-refractivity contribution in [2.45, 2.75) is 59.0 Å². The van der Waals surface area contributed by atoms with Crippen LogP contribution in [0.3, 0.4) is 0 Å². The summed E-state index contributed by atoms with van der Waals surface area (Å²) in [6, 6.07) is 5.26. The lowest BCUT2D eigenvalue weighted by Crippen LogP contribution is -2.26. The molecule has 1 heterocycles. The number of amides is 1. The molecule has 2 aromatic rings. The average molecular weight is 386 g/mol. The van der Waals surface area contributed by atoms with E-state index in [0.29, 0.717) is 23.7 Å². The van der Waals surface area contributed by atoms with Crippen molar-refractivity contribution in [3.8, 4) is 11.5 Å². The highest BCUT2D eigenvalue weighted by Crippen LogP contribution is 2.30. The van der Waals surface area contributed by atoms with Crippen LogP contribution in [0.5, 0.6) is 11.5 Å². The summed E-state index contributed by atoms with van der Waals surface area (Å²) in [6.07, 6.45) is 7.65. The summed E-state index contributed by atoms with van der Waals surface area (Å²) in [6.45, 7) is 4.80.